The van der Waals surface area contributed by atoms with Gasteiger partial charge in [-0.25, -0.2) is 0 Å². The van der Waals surface area contributed by atoms with Gasteiger partial charge in [0.2, 0.25) is 0 Å². The molecule has 2 heterocycles. The van der Waals surface area contributed by atoms with E-state index in [4.69, 9.17) is 0 Å². The van der Waals surface area contributed by atoms with Gasteiger partial charge in [0, 0.05) is 26.8 Å². The van der Waals surface area contributed by atoms with Crippen molar-refractivity contribution in [2.75, 3.05) is 6.54 Å². The second kappa shape index (κ2) is 4.56. The molecule has 1 atom stereocenters. The summed E-state index contributed by atoms with van der Waals surface area (Å²) in [6.45, 7) is 3.35. The molecule has 0 fully saturated rings. The summed E-state index contributed by atoms with van der Waals surface area (Å²) in [5, 5.41) is 3.51. The summed E-state index contributed by atoms with van der Waals surface area (Å²) in [6.07, 6.45) is 1.17. The highest BCUT2D eigenvalue weighted by Crippen LogP contribution is 2.37. The molecule has 0 aliphatic carbocycles. The minimum Gasteiger partial charge on any atom is -0.310 e. The fourth-order valence-electron chi connectivity index (χ4n) is 2.30. The molecule has 1 aliphatic heterocycles. The van der Waals surface area contributed by atoms with Crippen LogP contribution in [0.5, 0.6) is 0 Å². The fourth-order valence-corrected chi connectivity index (χ4v) is 3.95. The number of rotatable bonds is 1. The average molecular weight is 308 g/mol. The molecular formula is C14H14BrNS. The second-order valence-corrected chi connectivity index (χ2v) is 6.48. The monoisotopic (exact) mass is 307 g/mol. The van der Waals surface area contributed by atoms with Crippen LogP contribution in [-0.4, -0.2) is 6.54 Å². The van der Waals surface area contributed by atoms with Crippen molar-refractivity contribution in [3.05, 3.63) is 45.2 Å². The van der Waals surface area contributed by atoms with Crippen LogP contribution in [0.25, 0.3) is 10.4 Å². The fraction of sp³-hybridized carbons (Fsp3) is 0.286. The summed E-state index contributed by atoms with van der Waals surface area (Å²) in [5.41, 5.74) is 2.79. The zero-order valence-corrected chi connectivity index (χ0v) is 12.1. The largest absolute Gasteiger partial charge is 0.310 e. The van der Waals surface area contributed by atoms with Crippen LogP contribution in [-0.2, 0) is 6.42 Å². The molecule has 0 amide bonds. The molecule has 1 nitrogen and oxygen atoms in total. The molecule has 17 heavy (non-hydrogen) atoms. The molecule has 0 spiro atoms. The van der Waals surface area contributed by atoms with Crippen molar-refractivity contribution < 1.29 is 0 Å². The Morgan fingerprint density at radius 3 is 3.00 bits per heavy atom. The smallest absolute Gasteiger partial charge is 0.0349 e. The first-order valence-corrected chi connectivity index (χ1v) is 7.47. The van der Waals surface area contributed by atoms with E-state index in [9.17, 15) is 0 Å². The molecule has 0 saturated carbocycles. The Bertz CT molecular complexity index is 547. The molecule has 1 N–H and O–H groups in total. The molecule has 88 valence electrons. The third kappa shape index (κ3) is 2.19. The molecule has 0 saturated heterocycles. The van der Waals surface area contributed by atoms with Crippen LogP contribution in [0.15, 0.2) is 34.8 Å². The lowest BCUT2D eigenvalue weighted by atomic mass is 10.0. The van der Waals surface area contributed by atoms with Gasteiger partial charge in [-0.15, -0.1) is 11.3 Å². The Hall–Kier alpha value is -0.640. The van der Waals surface area contributed by atoms with Crippen LogP contribution < -0.4 is 5.32 Å². The van der Waals surface area contributed by atoms with Gasteiger partial charge in [-0.3, -0.25) is 0 Å². The number of benzene rings is 1. The molecule has 3 rings (SSSR count). The predicted octanol–water partition coefficient (Wildman–Crippen LogP) is 4.38. The molecule has 2 aromatic rings. The van der Waals surface area contributed by atoms with E-state index in [0.29, 0.717) is 6.04 Å². The zero-order valence-electron chi connectivity index (χ0n) is 9.66. The van der Waals surface area contributed by atoms with Crippen LogP contribution in [0.2, 0.25) is 0 Å². The lowest BCUT2D eigenvalue weighted by molar-refractivity contribution is 0.547. The number of hydrogen-bond donors (Lipinski definition) is 1. The van der Waals surface area contributed by atoms with Gasteiger partial charge < -0.3 is 5.32 Å². The van der Waals surface area contributed by atoms with E-state index in [0.717, 1.165) is 11.0 Å². The minimum absolute atomic E-state index is 0.496. The van der Waals surface area contributed by atoms with E-state index in [1.165, 1.54) is 22.4 Å². The Balaban J connectivity index is 2.05. The lowest BCUT2D eigenvalue weighted by Crippen LogP contribution is -2.26. The number of fused-ring (bicyclic) bond motifs is 1. The van der Waals surface area contributed by atoms with Gasteiger partial charge in [-0.1, -0.05) is 28.1 Å². The number of nitrogens with one attached hydrogen (secondary N) is 1. The summed E-state index contributed by atoms with van der Waals surface area (Å²) >= 11 is 5.48. The van der Waals surface area contributed by atoms with Gasteiger partial charge in [-0.05, 0) is 42.7 Å². The molecular weight excluding hydrogens is 294 g/mol. The van der Waals surface area contributed by atoms with Gasteiger partial charge in [-0.2, -0.15) is 0 Å². The van der Waals surface area contributed by atoms with Crippen molar-refractivity contribution in [3.63, 3.8) is 0 Å². The van der Waals surface area contributed by atoms with E-state index in [2.05, 4.69) is 58.5 Å². The first-order chi connectivity index (χ1) is 8.24. The van der Waals surface area contributed by atoms with Crippen molar-refractivity contribution in [2.45, 2.75) is 19.4 Å². The average Bonchev–Trinajstić information content (AvgIpc) is 2.74. The topological polar surface area (TPSA) is 12.0 Å². The van der Waals surface area contributed by atoms with E-state index >= 15 is 0 Å². The highest BCUT2D eigenvalue weighted by atomic mass is 79.9. The second-order valence-electron chi connectivity index (χ2n) is 4.43. The highest BCUT2D eigenvalue weighted by molar-refractivity contribution is 9.10. The Morgan fingerprint density at radius 2 is 2.24 bits per heavy atom. The summed E-state index contributed by atoms with van der Waals surface area (Å²) in [6, 6.07) is 11.4. The maximum Gasteiger partial charge on any atom is 0.0349 e. The zero-order chi connectivity index (χ0) is 11.8. The third-order valence-corrected chi connectivity index (χ3v) is 4.97. The molecule has 3 heteroatoms. The Labute approximate surface area is 114 Å². The number of halogens is 1. The third-order valence-electron chi connectivity index (χ3n) is 3.22. The lowest BCUT2D eigenvalue weighted by Gasteiger charge is -2.19. The maximum atomic E-state index is 3.54. The van der Waals surface area contributed by atoms with Gasteiger partial charge >= 0.3 is 0 Å². The first kappa shape index (κ1) is 11.5. The maximum absolute atomic E-state index is 3.54. The van der Waals surface area contributed by atoms with Crippen LogP contribution in [0, 0.1) is 0 Å². The molecule has 0 radical (unpaired) electrons. The standard InChI is InChI=1S/C14H14BrNS/c1-9-12-8-14(17-13(12)5-6-16-9)10-3-2-4-11(15)7-10/h2-4,7-9,16H,5-6H2,1H3. The van der Waals surface area contributed by atoms with Crippen molar-refractivity contribution in [2.24, 2.45) is 0 Å². The number of hydrogen-bond acceptors (Lipinski definition) is 2. The van der Waals surface area contributed by atoms with Gasteiger partial charge in [0.25, 0.3) is 0 Å². The SMILES string of the molecule is CC1NCCc2sc(-c3cccc(Br)c3)cc21. The molecule has 1 aromatic carbocycles. The molecule has 1 unspecified atom stereocenters. The van der Waals surface area contributed by atoms with Crippen LogP contribution in [0.3, 0.4) is 0 Å². The quantitative estimate of drug-likeness (QED) is 0.824. The van der Waals surface area contributed by atoms with E-state index in [1.54, 1.807) is 4.88 Å². The summed E-state index contributed by atoms with van der Waals surface area (Å²) < 4.78 is 1.15. The van der Waals surface area contributed by atoms with Crippen molar-refractivity contribution in [3.8, 4) is 10.4 Å². The molecule has 1 aliphatic rings. The predicted molar refractivity (Wildman–Crippen MR) is 77.6 cm³/mol. The van der Waals surface area contributed by atoms with E-state index in [1.807, 2.05) is 11.3 Å². The van der Waals surface area contributed by atoms with Gasteiger partial charge in [0.1, 0.15) is 0 Å². The van der Waals surface area contributed by atoms with Crippen molar-refractivity contribution >= 4 is 27.3 Å². The minimum atomic E-state index is 0.496. The molecule has 1 aromatic heterocycles. The summed E-state index contributed by atoms with van der Waals surface area (Å²) in [7, 11) is 0. The van der Waals surface area contributed by atoms with E-state index < -0.39 is 0 Å². The van der Waals surface area contributed by atoms with Gasteiger partial charge in [0.15, 0.2) is 0 Å². The van der Waals surface area contributed by atoms with Crippen molar-refractivity contribution in [1.29, 1.82) is 0 Å². The summed E-state index contributed by atoms with van der Waals surface area (Å²) in [4.78, 5) is 2.93. The Morgan fingerprint density at radius 1 is 1.35 bits per heavy atom. The number of thiophene rings is 1. The molecule has 0 bridgehead atoms. The van der Waals surface area contributed by atoms with E-state index in [-0.39, 0.29) is 0 Å². The Kier molecular flexibility index (Phi) is 3.07. The van der Waals surface area contributed by atoms with Crippen LogP contribution in [0.1, 0.15) is 23.4 Å². The normalized spacial score (nSPS) is 19.1. The first-order valence-electron chi connectivity index (χ1n) is 5.86. The highest BCUT2D eigenvalue weighted by Gasteiger charge is 2.19. The van der Waals surface area contributed by atoms with Crippen LogP contribution in [0.4, 0.5) is 0 Å². The van der Waals surface area contributed by atoms with Crippen LogP contribution >= 0.6 is 27.3 Å². The van der Waals surface area contributed by atoms with Crippen molar-refractivity contribution in [1.82, 2.24) is 5.32 Å². The van der Waals surface area contributed by atoms with Gasteiger partial charge in [0.05, 0.1) is 0 Å². The summed E-state index contributed by atoms with van der Waals surface area (Å²) in [5.74, 6) is 0.